The number of pyridine rings is 1. The van der Waals surface area contributed by atoms with Crippen molar-refractivity contribution in [3.05, 3.63) is 138 Å². The molecule has 0 spiro atoms. The van der Waals surface area contributed by atoms with Crippen LogP contribution in [-0.2, 0) is 10.8 Å². The first-order chi connectivity index (χ1) is 21.6. The number of nitrogens with zero attached hydrogens (tertiary/aromatic N) is 2. The van der Waals surface area contributed by atoms with Crippen LogP contribution in [0.3, 0.4) is 0 Å². The molecule has 0 atom stereocenters. The molecule has 0 aliphatic carbocycles. The molecule has 0 unspecified atom stereocenters. The Bertz CT molecular complexity index is 2180. The van der Waals surface area contributed by atoms with Crippen molar-refractivity contribution in [2.24, 2.45) is 0 Å². The Kier molecular flexibility index (Phi) is 6.81. The average molecular weight is 589 g/mol. The highest BCUT2D eigenvalue weighted by atomic mass is 16.3. The molecule has 4 nitrogen and oxygen atoms in total. The van der Waals surface area contributed by atoms with Crippen LogP contribution < -0.4 is 0 Å². The Morgan fingerprint density at radius 3 is 2.07 bits per heavy atom. The smallest absolute Gasteiger partial charge is 0.231 e. The normalized spacial score (nSPS) is 12.2. The highest BCUT2D eigenvalue weighted by Gasteiger charge is 2.27. The zero-order valence-electron chi connectivity index (χ0n) is 26.3. The monoisotopic (exact) mass is 588 g/mol. The largest absolute Gasteiger partial charge is 0.507 e. The molecule has 0 radical (unpaired) electrons. The van der Waals surface area contributed by atoms with Gasteiger partial charge in [-0.05, 0) is 69.6 Å². The van der Waals surface area contributed by atoms with Gasteiger partial charge >= 0.3 is 0 Å². The minimum Gasteiger partial charge on any atom is -0.507 e. The van der Waals surface area contributed by atoms with Gasteiger partial charge in [-0.2, -0.15) is 0 Å². The number of aromatic hydroxyl groups is 1. The summed E-state index contributed by atoms with van der Waals surface area (Å²) >= 11 is 0. The van der Waals surface area contributed by atoms with Crippen LogP contribution in [0.1, 0.15) is 51.3 Å². The van der Waals surface area contributed by atoms with E-state index in [1.807, 2.05) is 30.5 Å². The Balaban J connectivity index is 1.46. The number of benzene rings is 5. The Labute approximate surface area is 264 Å². The van der Waals surface area contributed by atoms with Gasteiger partial charge in [0.25, 0.3) is 0 Å². The van der Waals surface area contributed by atoms with Crippen LogP contribution in [0.15, 0.2) is 126 Å². The average Bonchev–Trinajstić information content (AvgIpc) is 3.48. The summed E-state index contributed by atoms with van der Waals surface area (Å²) in [6.45, 7) is 10.9. The third-order valence-corrected chi connectivity index (χ3v) is 8.92. The summed E-state index contributed by atoms with van der Waals surface area (Å²) in [5.41, 5.74) is 10.2. The van der Waals surface area contributed by atoms with E-state index in [2.05, 4.69) is 120 Å². The zero-order valence-corrected chi connectivity index (χ0v) is 26.3. The summed E-state index contributed by atoms with van der Waals surface area (Å²) in [5.74, 6) is 0.547. The van der Waals surface area contributed by atoms with Gasteiger partial charge in [-0.15, -0.1) is 0 Å². The quantitative estimate of drug-likeness (QED) is 0.217. The first-order valence-electron chi connectivity index (χ1n) is 15.4. The third-order valence-electron chi connectivity index (χ3n) is 8.92. The lowest BCUT2D eigenvalue weighted by Gasteiger charge is -2.26. The van der Waals surface area contributed by atoms with Gasteiger partial charge in [0, 0.05) is 28.1 Å². The molecule has 0 aliphatic rings. The van der Waals surface area contributed by atoms with Crippen molar-refractivity contribution < 1.29 is 9.52 Å². The third kappa shape index (κ3) is 5.17. The van der Waals surface area contributed by atoms with E-state index in [-0.39, 0.29) is 16.6 Å². The summed E-state index contributed by atoms with van der Waals surface area (Å²) in [4.78, 5) is 9.76. The second kappa shape index (κ2) is 10.7. The van der Waals surface area contributed by atoms with Gasteiger partial charge in [-0.1, -0.05) is 113 Å². The predicted octanol–water partition coefficient (Wildman–Crippen LogP) is 10.7. The number of fused-ring (bicyclic) bond motifs is 2. The summed E-state index contributed by atoms with van der Waals surface area (Å²) in [6, 6.07) is 39.5. The second-order valence-corrected chi connectivity index (χ2v) is 13.3. The minimum absolute atomic E-state index is 0.0938. The molecule has 0 amide bonds. The summed E-state index contributed by atoms with van der Waals surface area (Å²) in [6.07, 6.45) is 1.84. The maximum absolute atomic E-state index is 10.9. The van der Waals surface area contributed by atoms with Gasteiger partial charge in [0.05, 0.1) is 11.1 Å². The van der Waals surface area contributed by atoms with Crippen LogP contribution in [0, 0.1) is 0 Å². The molecule has 0 fully saturated rings. The van der Waals surface area contributed by atoms with Crippen molar-refractivity contribution in [3.63, 3.8) is 0 Å². The molecule has 0 bridgehead atoms. The molecule has 2 aromatic heterocycles. The Morgan fingerprint density at radius 1 is 0.578 bits per heavy atom. The molecule has 0 saturated heterocycles. The molecular weight excluding hydrogens is 552 g/mol. The topological polar surface area (TPSA) is 59.2 Å². The summed E-state index contributed by atoms with van der Waals surface area (Å²) in [7, 11) is 0. The number of oxazole rings is 1. The maximum Gasteiger partial charge on any atom is 0.231 e. The molecule has 222 valence electrons. The van der Waals surface area contributed by atoms with E-state index in [4.69, 9.17) is 14.4 Å². The second-order valence-electron chi connectivity index (χ2n) is 13.3. The Hall–Kier alpha value is -5.22. The molecule has 4 heteroatoms. The van der Waals surface area contributed by atoms with Gasteiger partial charge in [0.2, 0.25) is 5.89 Å². The van der Waals surface area contributed by atoms with E-state index in [1.54, 1.807) is 6.07 Å². The van der Waals surface area contributed by atoms with E-state index < -0.39 is 0 Å². The number of phenolic OH excluding ortho intramolecular Hbond substituents is 1. The van der Waals surface area contributed by atoms with Crippen molar-refractivity contribution in [3.8, 4) is 39.5 Å². The van der Waals surface area contributed by atoms with Crippen LogP contribution in [0.4, 0.5) is 0 Å². The first kappa shape index (κ1) is 28.5. The number of para-hydroxylation sites is 1. The molecule has 5 aromatic carbocycles. The molecule has 1 N–H and O–H groups in total. The van der Waals surface area contributed by atoms with E-state index in [0.717, 1.165) is 49.8 Å². The van der Waals surface area contributed by atoms with E-state index in [0.29, 0.717) is 17.0 Å². The van der Waals surface area contributed by atoms with E-state index >= 15 is 0 Å². The molecular formula is C41H36N2O2. The van der Waals surface area contributed by atoms with Gasteiger partial charge in [0.1, 0.15) is 11.3 Å². The highest BCUT2D eigenvalue weighted by Crippen LogP contribution is 2.42. The summed E-state index contributed by atoms with van der Waals surface area (Å²) < 4.78 is 6.53. The van der Waals surface area contributed by atoms with Crippen LogP contribution >= 0.6 is 0 Å². The Morgan fingerprint density at radius 2 is 1.29 bits per heavy atom. The lowest BCUT2D eigenvalue weighted by molar-refractivity contribution is 0.472. The molecule has 0 saturated carbocycles. The number of aromatic nitrogens is 2. The standard InChI is InChI=1S/C41H36N2O2/c1-40(2,3)30-19-20-35(44)34(23-30)39-43-38-33(24-31(25-36(38)45-39)41(4,5)29-16-7-6-8-17-29)28-14-9-13-27(22-28)32-18-10-12-26-15-11-21-42-37(26)32/h6-25,44H,1-5H3. The SMILES string of the molecule is CC(C)(C)c1ccc(O)c(-c2nc3c(-c4cccc(-c5cccc6cccnc56)c4)cc(C(C)(C)c4ccccc4)cc3o2)c1. The number of phenols is 1. The fourth-order valence-corrected chi connectivity index (χ4v) is 6.11. The van der Waals surface area contributed by atoms with Crippen molar-refractivity contribution in [1.82, 2.24) is 9.97 Å². The van der Waals surface area contributed by atoms with Crippen LogP contribution in [-0.4, -0.2) is 15.1 Å². The molecule has 45 heavy (non-hydrogen) atoms. The molecule has 2 heterocycles. The number of hydrogen-bond acceptors (Lipinski definition) is 4. The predicted molar refractivity (Wildman–Crippen MR) is 185 cm³/mol. The zero-order chi connectivity index (χ0) is 31.3. The van der Waals surface area contributed by atoms with Crippen LogP contribution in [0.25, 0.3) is 55.7 Å². The van der Waals surface area contributed by atoms with E-state index in [9.17, 15) is 5.11 Å². The number of hydrogen-bond donors (Lipinski definition) is 1. The van der Waals surface area contributed by atoms with Crippen molar-refractivity contribution in [2.45, 2.75) is 45.4 Å². The molecule has 7 aromatic rings. The van der Waals surface area contributed by atoms with Crippen LogP contribution in [0.2, 0.25) is 0 Å². The van der Waals surface area contributed by atoms with Gasteiger partial charge in [0.15, 0.2) is 5.58 Å². The maximum atomic E-state index is 10.9. The first-order valence-corrected chi connectivity index (χ1v) is 15.4. The van der Waals surface area contributed by atoms with E-state index in [1.165, 1.54) is 5.56 Å². The fourth-order valence-electron chi connectivity index (χ4n) is 6.11. The van der Waals surface area contributed by atoms with Gasteiger partial charge < -0.3 is 9.52 Å². The lowest BCUT2D eigenvalue weighted by Crippen LogP contribution is -2.18. The van der Waals surface area contributed by atoms with Gasteiger partial charge in [-0.25, -0.2) is 4.98 Å². The summed E-state index contributed by atoms with van der Waals surface area (Å²) in [5, 5.41) is 12.0. The number of rotatable bonds is 5. The van der Waals surface area contributed by atoms with Crippen molar-refractivity contribution in [1.29, 1.82) is 0 Å². The molecule has 7 rings (SSSR count). The van der Waals surface area contributed by atoms with Crippen molar-refractivity contribution in [2.75, 3.05) is 0 Å². The minimum atomic E-state index is -0.303. The fraction of sp³-hybridized carbons (Fsp3) is 0.171. The lowest BCUT2D eigenvalue weighted by atomic mass is 9.77. The van der Waals surface area contributed by atoms with Crippen molar-refractivity contribution >= 4 is 22.0 Å². The van der Waals surface area contributed by atoms with Gasteiger partial charge in [-0.3, -0.25) is 4.98 Å². The molecule has 0 aliphatic heterocycles. The highest BCUT2D eigenvalue weighted by molar-refractivity contribution is 5.97. The van der Waals surface area contributed by atoms with Crippen LogP contribution in [0.5, 0.6) is 5.75 Å².